The Morgan fingerprint density at radius 3 is 2.88 bits per heavy atom. The number of hydrogen-bond donors (Lipinski definition) is 2. The molecule has 86 valence electrons. The molecule has 0 atom stereocenters. The largest absolute Gasteiger partial charge is 0.454 e. The summed E-state index contributed by atoms with van der Waals surface area (Å²) in [6.07, 6.45) is 0. The molecule has 1 aromatic carbocycles. The number of H-pyrrole nitrogens is 1. The van der Waals surface area contributed by atoms with Gasteiger partial charge in [0.05, 0.1) is 5.69 Å². The zero-order valence-corrected chi connectivity index (χ0v) is 8.77. The molecule has 1 aromatic heterocycles. The number of aromatic nitrogens is 2. The van der Waals surface area contributed by atoms with E-state index in [4.69, 9.17) is 15.2 Å². The Balaban J connectivity index is 2.09. The lowest BCUT2D eigenvalue weighted by Gasteiger charge is -2.02. The SMILES string of the molecule is Nc1cc(-c2ccc3c(c2)OCO3)n[nH]c1=O. The van der Waals surface area contributed by atoms with Crippen LogP contribution in [0.5, 0.6) is 11.5 Å². The molecule has 17 heavy (non-hydrogen) atoms. The third kappa shape index (κ3) is 1.59. The predicted molar refractivity (Wildman–Crippen MR) is 60.8 cm³/mol. The van der Waals surface area contributed by atoms with Gasteiger partial charge in [0.2, 0.25) is 6.79 Å². The summed E-state index contributed by atoms with van der Waals surface area (Å²) in [5.41, 5.74) is 6.66. The first-order valence-electron chi connectivity index (χ1n) is 4.99. The molecule has 0 bridgehead atoms. The number of nitrogens with zero attached hydrogens (tertiary/aromatic N) is 1. The van der Waals surface area contributed by atoms with Crippen LogP contribution < -0.4 is 20.8 Å². The number of aromatic amines is 1. The topological polar surface area (TPSA) is 90.2 Å². The fraction of sp³-hybridized carbons (Fsp3) is 0.0909. The standard InChI is InChI=1S/C11H9N3O3/c12-7-4-8(13-14-11(7)15)6-1-2-9-10(3-6)17-5-16-9/h1-4H,5H2,(H2,12,13)(H,14,15). The number of rotatable bonds is 1. The number of hydrogen-bond acceptors (Lipinski definition) is 5. The monoisotopic (exact) mass is 231 g/mol. The van der Waals surface area contributed by atoms with E-state index in [9.17, 15) is 4.79 Å². The zero-order valence-electron chi connectivity index (χ0n) is 8.77. The second-order valence-corrected chi connectivity index (χ2v) is 3.61. The molecule has 2 heterocycles. The van der Waals surface area contributed by atoms with Crippen LogP contribution in [0.15, 0.2) is 29.1 Å². The first kappa shape index (κ1) is 9.71. The second-order valence-electron chi connectivity index (χ2n) is 3.61. The molecule has 1 aliphatic heterocycles. The number of benzene rings is 1. The van der Waals surface area contributed by atoms with Gasteiger partial charge in [0, 0.05) is 5.56 Å². The fourth-order valence-corrected chi connectivity index (χ4v) is 1.62. The third-order valence-corrected chi connectivity index (χ3v) is 2.50. The minimum atomic E-state index is -0.394. The van der Waals surface area contributed by atoms with E-state index in [1.54, 1.807) is 12.1 Å². The van der Waals surface area contributed by atoms with Crippen LogP contribution in [0.1, 0.15) is 0 Å². The van der Waals surface area contributed by atoms with Crippen molar-refractivity contribution in [2.45, 2.75) is 0 Å². The van der Waals surface area contributed by atoms with Gasteiger partial charge in [-0.05, 0) is 24.3 Å². The summed E-state index contributed by atoms with van der Waals surface area (Å²) < 4.78 is 10.5. The van der Waals surface area contributed by atoms with Crippen LogP contribution in [0.25, 0.3) is 11.3 Å². The maximum Gasteiger partial charge on any atom is 0.287 e. The van der Waals surface area contributed by atoms with Gasteiger partial charge >= 0.3 is 0 Å². The molecule has 0 saturated carbocycles. The number of anilines is 1. The van der Waals surface area contributed by atoms with Gasteiger partial charge < -0.3 is 15.2 Å². The Bertz CT molecular complexity index is 636. The molecule has 6 nitrogen and oxygen atoms in total. The van der Waals surface area contributed by atoms with Crippen LogP contribution in [-0.2, 0) is 0 Å². The Labute approximate surface area is 96.0 Å². The van der Waals surface area contributed by atoms with Crippen molar-refractivity contribution in [1.82, 2.24) is 10.2 Å². The summed E-state index contributed by atoms with van der Waals surface area (Å²) in [6, 6.07) is 6.94. The highest BCUT2D eigenvalue weighted by molar-refractivity contribution is 5.66. The highest BCUT2D eigenvalue weighted by atomic mass is 16.7. The molecule has 3 rings (SSSR count). The third-order valence-electron chi connectivity index (χ3n) is 2.50. The van der Waals surface area contributed by atoms with Gasteiger partial charge in [0.25, 0.3) is 5.56 Å². The Hall–Kier alpha value is -2.50. The van der Waals surface area contributed by atoms with Crippen LogP contribution in [0.4, 0.5) is 5.69 Å². The maximum absolute atomic E-state index is 11.1. The number of nitrogens with one attached hydrogen (secondary N) is 1. The minimum Gasteiger partial charge on any atom is -0.454 e. The molecule has 0 unspecified atom stereocenters. The number of nitrogen functional groups attached to an aromatic ring is 1. The minimum absolute atomic E-state index is 0.132. The first-order chi connectivity index (χ1) is 8.24. The fourth-order valence-electron chi connectivity index (χ4n) is 1.62. The van der Waals surface area contributed by atoms with E-state index in [2.05, 4.69) is 10.2 Å². The van der Waals surface area contributed by atoms with Gasteiger partial charge in [-0.1, -0.05) is 0 Å². The van der Waals surface area contributed by atoms with Gasteiger partial charge in [-0.15, -0.1) is 0 Å². The molecule has 0 amide bonds. The van der Waals surface area contributed by atoms with E-state index in [0.29, 0.717) is 17.2 Å². The lowest BCUT2D eigenvalue weighted by molar-refractivity contribution is 0.174. The number of nitrogens with two attached hydrogens (primary N) is 1. The van der Waals surface area contributed by atoms with Crippen molar-refractivity contribution in [2.24, 2.45) is 0 Å². The van der Waals surface area contributed by atoms with Crippen LogP contribution >= 0.6 is 0 Å². The van der Waals surface area contributed by atoms with Crippen molar-refractivity contribution < 1.29 is 9.47 Å². The Kier molecular flexibility index (Phi) is 2.01. The summed E-state index contributed by atoms with van der Waals surface area (Å²) in [7, 11) is 0. The quantitative estimate of drug-likeness (QED) is 0.755. The van der Waals surface area contributed by atoms with Crippen molar-refractivity contribution in [3.05, 3.63) is 34.6 Å². The maximum atomic E-state index is 11.1. The van der Waals surface area contributed by atoms with Gasteiger partial charge in [-0.2, -0.15) is 5.10 Å². The van der Waals surface area contributed by atoms with Crippen molar-refractivity contribution >= 4 is 5.69 Å². The molecule has 0 spiro atoms. The highest BCUT2D eigenvalue weighted by Crippen LogP contribution is 2.35. The van der Waals surface area contributed by atoms with Crippen molar-refractivity contribution in [3.8, 4) is 22.8 Å². The molecule has 0 fully saturated rings. The lowest BCUT2D eigenvalue weighted by atomic mass is 10.1. The highest BCUT2D eigenvalue weighted by Gasteiger charge is 2.14. The van der Waals surface area contributed by atoms with Gasteiger partial charge in [0.1, 0.15) is 5.69 Å². The Morgan fingerprint density at radius 1 is 1.24 bits per heavy atom. The second kappa shape index (κ2) is 3.51. The molecular weight excluding hydrogens is 222 g/mol. The average Bonchev–Trinajstić information content (AvgIpc) is 2.79. The molecule has 1 aliphatic rings. The van der Waals surface area contributed by atoms with Gasteiger partial charge in [-0.25, -0.2) is 5.10 Å². The number of fused-ring (bicyclic) bond motifs is 1. The van der Waals surface area contributed by atoms with Crippen LogP contribution in [0.2, 0.25) is 0 Å². The van der Waals surface area contributed by atoms with Crippen molar-refractivity contribution in [1.29, 1.82) is 0 Å². The van der Waals surface area contributed by atoms with E-state index in [-0.39, 0.29) is 12.5 Å². The normalized spacial score (nSPS) is 12.7. The summed E-state index contributed by atoms with van der Waals surface area (Å²) in [6.45, 7) is 0.222. The smallest absolute Gasteiger partial charge is 0.287 e. The van der Waals surface area contributed by atoms with Crippen LogP contribution in [0.3, 0.4) is 0 Å². The summed E-state index contributed by atoms with van der Waals surface area (Å²) in [5.74, 6) is 1.36. The molecule has 0 aliphatic carbocycles. The molecule has 2 aromatic rings. The molecule has 6 heteroatoms. The van der Waals surface area contributed by atoms with Gasteiger partial charge in [0.15, 0.2) is 11.5 Å². The first-order valence-corrected chi connectivity index (χ1v) is 4.99. The summed E-state index contributed by atoms with van der Waals surface area (Å²) >= 11 is 0. The van der Waals surface area contributed by atoms with Crippen molar-refractivity contribution in [3.63, 3.8) is 0 Å². The molecule has 3 N–H and O–H groups in total. The molecular formula is C11H9N3O3. The molecule has 0 radical (unpaired) electrons. The summed E-state index contributed by atoms with van der Waals surface area (Å²) in [4.78, 5) is 11.1. The predicted octanol–water partition coefficient (Wildman–Crippen LogP) is 0.748. The van der Waals surface area contributed by atoms with E-state index >= 15 is 0 Å². The molecule has 0 saturated heterocycles. The van der Waals surface area contributed by atoms with E-state index in [0.717, 1.165) is 5.56 Å². The van der Waals surface area contributed by atoms with E-state index in [1.165, 1.54) is 6.07 Å². The van der Waals surface area contributed by atoms with E-state index < -0.39 is 5.56 Å². The van der Waals surface area contributed by atoms with Gasteiger partial charge in [-0.3, -0.25) is 4.79 Å². The average molecular weight is 231 g/mol. The van der Waals surface area contributed by atoms with E-state index in [1.807, 2.05) is 6.07 Å². The van der Waals surface area contributed by atoms with Crippen LogP contribution in [-0.4, -0.2) is 17.0 Å². The van der Waals surface area contributed by atoms with Crippen molar-refractivity contribution in [2.75, 3.05) is 12.5 Å². The number of ether oxygens (including phenoxy) is 2. The summed E-state index contributed by atoms with van der Waals surface area (Å²) in [5, 5.41) is 6.25. The van der Waals surface area contributed by atoms with Crippen LogP contribution in [0, 0.1) is 0 Å². The Morgan fingerprint density at radius 2 is 2.06 bits per heavy atom. The lowest BCUT2D eigenvalue weighted by Crippen LogP contribution is -2.13. The zero-order chi connectivity index (χ0) is 11.8.